The first-order chi connectivity index (χ1) is 7.76. The number of hydrogen-bond acceptors (Lipinski definition) is 1. The Hall–Kier alpha value is -0.790. The molecule has 0 spiro atoms. The van der Waals surface area contributed by atoms with Gasteiger partial charge in [-0.3, -0.25) is 4.68 Å². The molecule has 1 aromatic heterocycles. The van der Waals surface area contributed by atoms with E-state index < -0.39 is 0 Å². The zero-order valence-corrected chi connectivity index (χ0v) is 12.2. The van der Waals surface area contributed by atoms with Crippen LogP contribution in [0.25, 0.3) is 0 Å². The fraction of sp³-hybridized carbons (Fsp3) is 0.800. The molecule has 0 bridgehead atoms. The molecule has 1 aliphatic carbocycles. The summed E-state index contributed by atoms with van der Waals surface area (Å²) in [7, 11) is 2.03. The first-order valence-electron chi connectivity index (χ1n) is 6.78. The van der Waals surface area contributed by atoms with Gasteiger partial charge in [-0.1, -0.05) is 34.6 Å². The van der Waals surface area contributed by atoms with E-state index >= 15 is 0 Å². The van der Waals surface area contributed by atoms with Crippen LogP contribution in [-0.2, 0) is 19.9 Å². The van der Waals surface area contributed by atoms with E-state index in [0.29, 0.717) is 10.8 Å². The van der Waals surface area contributed by atoms with Crippen molar-refractivity contribution in [2.45, 2.75) is 53.9 Å². The van der Waals surface area contributed by atoms with Crippen molar-refractivity contribution in [2.24, 2.45) is 23.8 Å². The molecule has 0 N–H and O–H groups in total. The molecule has 0 fully saturated rings. The highest BCUT2D eigenvalue weighted by atomic mass is 15.3. The summed E-state index contributed by atoms with van der Waals surface area (Å²) in [5, 5.41) is 4.57. The molecular weight excluding hydrogens is 208 g/mol. The predicted octanol–water partition coefficient (Wildman–Crippen LogP) is 3.60. The monoisotopic (exact) mass is 234 g/mol. The summed E-state index contributed by atoms with van der Waals surface area (Å²) in [4.78, 5) is 0. The van der Waals surface area contributed by atoms with Gasteiger partial charge in [0.1, 0.15) is 0 Å². The second kappa shape index (κ2) is 3.86. The lowest BCUT2D eigenvalue weighted by molar-refractivity contribution is 0.0147. The Balaban J connectivity index is 2.41. The van der Waals surface area contributed by atoms with Gasteiger partial charge in [0.15, 0.2) is 0 Å². The van der Waals surface area contributed by atoms with Gasteiger partial charge in [-0.2, -0.15) is 5.10 Å². The summed E-state index contributed by atoms with van der Waals surface area (Å²) in [6.45, 7) is 12.0. The standard InChI is InChI=1S/C15H26N2/c1-11(2)15(14(3,4)5)8-7-13-12(9-15)10-17(6)16-13/h10-11H,7-9H2,1-6H3. The Morgan fingerprint density at radius 3 is 2.53 bits per heavy atom. The molecule has 0 aliphatic heterocycles. The average molecular weight is 234 g/mol. The molecule has 2 heteroatoms. The van der Waals surface area contributed by atoms with Gasteiger partial charge in [-0.15, -0.1) is 0 Å². The maximum absolute atomic E-state index is 4.57. The van der Waals surface area contributed by atoms with Crippen molar-refractivity contribution >= 4 is 0 Å². The van der Waals surface area contributed by atoms with Gasteiger partial charge in [-0.05, 0) is 41.6 Å². The van der Waals surface area contributed by atoms with Crippen LogP contribution < -0.4 is 0 Å². The third-order valence-electron chi connectivity index (χ3n) is 4.90. The maximum atomic E-state index is 4.57. The largest absolute Gasteiger partial charge is 0.275 e. The summed E-state index contributed by atoms with van der Waals surface area (Å²) in [6, 6.07) is 0. The molecule has 2 rings (SSSR count). The quantitative estimate of drug-likeness (QED) is 0.726. The van der Waals surface area contributed by atoms with Crippen LogP contribution in [0.3, 0.4) is 0 Å². The first-order valence-corrected chi connectivity index (χ1v) is 6.78. The zero-order chi connectivity index (χ0) is 12.8. The van der Waals surface area contributed by atoms with Gasteiger partial charge in [-0.25, -0.2) is 0 Å². The van der Waals surface area contributed by atoms with Gasteiger partial charge in [0.05, 0.1) is 5.69 Å². The minimum Gasteiger partial charge on any atom is -0.275 e. The highest BCUT2D eigenvalue weighted by Gasteiger charge is 2.46. The number of rotatable bonds is 1. The third-order valence-corrected chi connectivity index (χ3v) is 4.90. The molecule has 1 aromatic rings. The number of nitrogens with zero attached hydrogens (tertiary/aromatic N) is 2. The van der Waals surface area contributed by atoms with Crippen molar-refractivity contribution in [3.63, 3.8) is 0 Å². The Bertz CT molecular complexity index is 409. The van der Waals surface area contributed by atoms with Gasteiger partial charge >= 0.3 is 0 Å². The van der Waals surface area contributed by atoms with Crippen molar-refractivity contribution < 1.29 is 0 Å². The van der Waals surface area contributed by atoms with Crippen LogP contribution in [0.4, 0.5) is 0 Å². The van der Waals surface area contributed by atoms with Crippen LogP contribution in [0, 0.1) is 16.7 Å². The van der Waals surface area contributed by atoms with E-state index in [9.17, 15) is 0 Å². The smallest absolute Gasteiger partial charge is 0.0656 e. The Morgan fingerprint density at radius 1 is 1.35 bits per heavy atom. The minimum atomic E-state index is 0.356. The van der Waals surface area contributed by atoms with Crippen molar-refractivity contribution in [1.82, 2.24) is 9.78 Å². The highest BCUT2D eigenvalue weighted by molar-refractivity contribution is 5.24. The first kappa shape index (κ1) is 12.7. The molecule has 1 heterocycles. The van der Waals surface area contributed by atoms with Crippen LogP contribution >= 0.6 is 0 Å². The highest BCUT2D eigenvalue weighted by Crippen LogP contribution is 2.52. The van der Waals surface area contributed by atoms with Gasteiger partial charge in [0.2, 0.25) is 0 Å². The Kier molecular flexibility index (Phi) is 2.87. The molecule has 1 unspecified atom stereocenters. The molecule has 1 atom stereocenters. The lowest BCUT2D eigenvalue weighted by atomic mass is 9.54. The molecule has 2 nitrogen and oxygen atoms in total. The molecule has 0 saturated heterocycles. The average Bonchev–Trinajstić information content (AvgIpc) is 2.53. The lowest BCUT2D eigenvalue weighted by Gasteiger charge is -2.50. The Morgan fingerprint density at radius 2 is 2.00 bits per heavy atom. The Labute approximate surface area is 105 Å². The van der Waals surface area contributed by atoms with E-state index in [1.807, 2.05) is 11.7 Å². The van der Waals surface area contributed by atoms with E-state index in [2.05, 4.69) is 45.9 Å². The van der Waals surface area contributed by atoms with Crippen molar-refractivity contribution in [2.75, 3.05) is 0 Å². The molecule has 0 aromatic carbocycles. The predicted molar refractivity (Wildman–Crippen MR) is 72.0 cm³/mol. The molecular formula is C15H26N2. The van der Waals surface area contributed by atoms with Crippen LogP contribution in [0.2, 0.25) is 0 Å². The summed E-state index contributed by atoms with van der Waals surface area (Å²) in [6.07, 6.45) is 5.83. The van der Waals surface area contributed by atoms with Crippen molar-refractivity contribution in [1.29, 1.82) is 0 Å². The van der Waals surface area contributed by atoms with E-state index in [1.54, 1.807) is 0 Å². The normalized spacial score (nSPS) is 25.1. The lowest BCUT2D eigenvalue weighted by Crippen LogP contribution is -2.44. The number of hydrogen-bond donors (Lipinski definition) is 0. The van der Waals surface area contributed by atoms with Gasteiger partial charge < -0.3 is 0 Å². The summed E-state index contributed by atoms with van der Waals surface area (Å²) < 4.78 is 1.98. The topological polar surface area (TPSA) is 17.8 Å². The molecule has 96 valence electrons. The third kappa shape index (κ3) is 1.92. The fourth-order valence-corrected chi connectivity index (χ4v) is 3.71. The molecule has 17 heavy (non-hydrogen) atoms. The summed E-state index contributed by atoms with van der Waals surface area (Å²) in [5.74, 6) is 0.718. The maximum Gasteiger partial charge on any atom is 0.0656 e. The van der Waals surface area contributed by atoms with Crippen LogP contribution in [0.15, 0.2) is 6.20 Å². The van der Waals surface area contributed by atoms with E-state index in [-0.39, 0.29) is 0 Å². The number of aryl methyl sites for hydroxylation is 2. The van der Waals surface area contributed by atoms with Crippen LogP contribution in [-0.4, -0.2) is 9.78 Å². The van der Waals surface area contributed by atoms with Gasteiger partial charge in [0.25, 0.3) is 0 Å². The SMILES string of the molecule is CC(C)C1(C(C)(C)C)CCc2nn(C)cc2C1. The van der Waals surface area contributed by atoms with Gasteiger partial charge in [0, 0.05) is 13.2 Å². The van der Waals surface area contributed by atoms with E-state index in [1.165, 1.54) is 24.1 Å². The fourth-order valence-electron chi connectivity index (χ4n) is 3.71. The molecule has 0 amide bonds. The number of fused-ring (bicyclic) bond motifs is 1. The second-order valence-electron chi connectivity index (χ2n) is 7.01. The second-order valence-corrected chi connectivity index (χ2v) is 7.01. The van der Waals surface area contributed by atoms with E-state index in [4.69, 9.17) is 0 Å². The van der Waals surface area contributed by atoms with E-state index in [0.717, 1.165) is 12.3 Å². The molecule has 0 saturated carbocycles. The zero-order valence-electron chi connectivity index (χ0n) is 12.2. The summed E-state index contributed by atoms with van der Waals surface area (Å²) >= 11 is 0. The van der Waals surface area contributed by atoms with Crippen molar-refractivity contribution in [3.8, 4) is 0 Å². The summed E-state index contributed by atoms with van der Waals surface area (Å²) in [5.41, 5.74) is 3.58. The van der Waals surface area contributed by atoms with Crippen LogP contribution in [0.1, 0.15) is 52.3 Å². The van der Waals surface area contributed by atoms with Crippen molar-refractivity contribution in [3.05, 3.63) is 17.5 Å². The minimum absolute atomic E-state index is 0.356. The molecule has 0 radical (unpaired) electrons. The van der Waals surface area contributed by atoms with Crippen LogP contribution in [0.5, 0.6) is 0 Å². The number of aromatic nitrogens is 2. The molecule has 1 aliphatic rings.